The number of ether oxygens (including phenoxy) is 1. The van der Waals surface area contributed by atoms with E-state index in [0.717, 1.165) is 29.8 Å². The molecule has 1 aliphatic heterocycles. The molecule has 1 aliphatic rings. The second kappa shape index (κ2) is 13.4. The number of aryl methyl sites for hydroxylation is 1. The van der Waals surface area contributed by atoms with Gasteiger partial charge in [-0.05, 0) is 62.4 Å². The number of hydrogen-bond acceptors (Lipinski definition) is 6. The molecule has 14 heteroatoms. The molecule has 242 valence electrons. The maximum Gasteiger partial charge on any atom is 0.416 e. The lowest BCUT2D eigenvalue weighted by atomic mass is 9.99. The molecule has 0 spiro atoms. The van der Waals surface area contributed by atoms with E-state index in [4.69, 9.17) is 4.74 Å². The molecule has 0 radical (unpaired) electrons. The van der Waals surface area contributed by atoms with Crippen LogP contribution in [-0.2, 0) is 16.2 Å². The lowest BCUT2D eigenvalue weighted by Crippen LogP contribution is -2.50. The van der Waals surface area contributed by atoms with Crippen LogP contribution in [-0.4, -0.2) is 74.2 Å². The summed E-state index contributed by atoms with van der Waals surface area (Å²) in [6.07, 6.45) is -5.30. The molecule has 45 heavy (non-hydrogen) atoms. The van der Waals surface area contributed by atoms with Crippen molar-refractivity contribution >= 4 is 33.3 Å². The number of carbonyl (C=O) groups excluding carboxylic acids is 2. The van der Waals surface area contributed by atoms with Crippen molar-refractivity contribution in [2.45, 2.75) is 44.0 Å². The third-order valence-corrected chi connectivity index (χ3v) is 8.91. The van der Waals surface area contributed by atoms with Crippen LogP contribution in [0.5, 0.6) is 5.75 Å². The first-order valence-electron chi connectivity index (χ1n) is 14.1. The molecule has 0 bridgehead atoms. The van der Waals surface area contributed by atoms with Crippen molar-refractivity contribution in [1.29, 1.82) is 0 Å². The van der Waals surface area contributed by atoms with Gasteiger partial charge in [0, 0.05) is 25.2 Å². The molecule has 0 fully saturated rings. The van der Waals surface area contributed by atoms with E-state index < -0.39 is 51.8 Å². The number of para-hydroxylation sites is 1. The van der Waals surface area contributed by atoms with Gasteiger partial charge in [-0.2, -0.15) is 13.2 Å². The van der Waals surface area contributed by atoms with E-state index in [1.54, 1.807) is 26.0 Å². The number of aliphatic hydroxyl groups excluding tert-OH is 1. The smallest absolute Gasteiger partial charge is 0.416 e. The number of hydrogen-bond donors (Lipinski definition) is 3. The quantitative estimate of drug-likeness (QED) is 0.308. The van der Waals surface area contributed by atoms with Gasteiger partial charge in [0.05, 0.1) is 40.9 Å². The highest BCUT2D eigenvalue weighted by molar-refractivity contribution is 7.92. The Bertz CT molecular complexity index is 1630. The minimum Gasteiger partial charge on any atom is -0.485 e. The maximum absolute atomic E-state index is 13.7. The van der Waals surface area contributed by atoms with Gasteiger partial charge >= 0.3 is 12.2 Å². The Balaban J connectivity index is 1.64. The van der Waals surface area contributed by atoms with Crippen LogP contribution in [0.3, 0.4) is 0 Å². The van der Waals surface area contributed by atoms with E-state index in [1.807, 2.05) is 6.92 Å². The average molecular weight is 649 g/mol. The Morgan fingerprint density at radius 1 is 1.11 bits per heavy atom. The summed E-state index contributed by atoms with van der Waals surface area (Å²) >= 11 is 0. The summed E-state index contributed by atoms with van der Waals surface area (Å²) in [5.41, 5.74) is 0.240. The van der Waals surface area contributed by atoms with Gasteiger partial charge < -0.3 is 25.0 Å². The fourth-order valence-corrected chi connectivity index (χ4v) is 5.84. The number of nitrogens with zero attached hydrogens (tertiary/aromatic N) is 2. The van der Waals surface area contributed by atoms with Crippen molar-refractivity contribution in [3.63, 3.8) is 0 Å². The number of benzene rings is 3. The molecule has 0 saturated heterocycles. The van der Waals surface area contributed by atoms with Crippen molar-refractivity contribution < 1.29 is 41.0 Å². The molecule has 0 saturated carbocycles. The van der Waals surface area contributed by atoms with E-state index in [2.05, 4.69) is 10.0 Å². The first-order valence-corrected chi connectivity index (χ1v) is 15.6. The summed E-state index contributed by atoms with van der Waals surface area (Å²) in [5.74, 6) is -0.928. The second-order valence-corrected chi connectivity index (χ2v) is 12.8. The number of anilines is 2. The number of aliphatic hydroxyl groups is 1. The zero-order valence-electron chi connectivity index (χ0n) is 25.1. The summed E-state index contributed by atoms with van der Waals surface area (Å²) in [4.78, 5) is 29.5. The molecule has 3 aromatic carbocycles. The number of nitrogens with one attached hydrogen (secondary N) is 2. The molecular weight excluding hydrogens is 613 g/mol. The number of alkyl halides is 3. The number of urea groups is 1. The minimum absolute atomic E-state index is 0.00277. The van der Waals surface area contributed by atoms with Crippen LogP contribution in [0.15, 0.2) is 71.6 Å². The molecular formula is C31H35F3N4O6S. The molecule has 4 rings (SSSR count). The van der Waals surface area contributed by atoms with Gasteiger partial charge in [0.1, 0.15) is 6.10 Å². The first-order chi connectivity index (χ1) is 21.1. The number of sulfonamides is 1. The highest BCUT2D eigenvalue weighted by Crippen LogP contribution is 2.36. The molecule has 1 heterocycles. The van der Waals surface area contributed by atoms with E-state index >= 15 is 0 Å². The zero-order valence-corrected chi connectivity index (χ0v) is 25.9. The van der Waals surface area contributed by atoms with Crippen LogP contribution in [0.2, 0.25) is 0 Å². The molecule has 0 aliphatic carbocycles. The van der Waals surface area contributed by atoms with E-state index in [0.29, 0.717) is 0 Å². The Kier molecular flexibility index (Phi) is 9.98. The number of rotatable bonds is 8. The number of fused-ring (bicyclic) bond motifs is 1. The summed E-state index contributed by atoms with van der Waals surface area (Å²) < 4.78 is 74.3. The highest BCUT2D eigenvalue weighted by atomic mass is 32.2. The summed E-state index contributed by atoms with van der Waals surface area (Å²) in [6.45, 7) is 5.08. The van der Waals surface area contributed by atoms with E-state index in [1.165, 1.54) is 47.2 Å². The molecule has 3 aromatic rings. The van der Waals surface area contributed by atoms with Crippen molar-refractivity contribution in [3.05, 3.63) is 83.4 Å². The van der Waals surface area contributed by atoms with Gasteiger partial charge in [-0.1, -0.05) is 30.7 Å². The fraction of sp³-hybridized carbons (Fsp3) is 0.355. The molecule has 0 aromatic heterocycles. The summed E-state index contributed by atoms with van der Waals surface area (Å²) in [6, 6.07) is 13.5. The molecule has 3 atom stereocenters. The standard InChI is InChI=1S/C31H35F3N4O6S/c1-19-8-14-24(15-9-19)45(42,43)36-26-7-5-6-25-28(26)44-27(20(2)16-38(29(25)40)21(3)18-39)17-37(4)30(41)35-23-12-10-22(11-13-23)31(32,33)34/h5-15,20-21,27,36,39H,16-18H2,1-4H3,(H,35,41)/t20-,21+,27-/m0/s1. The Morgan fingerprint density at radius 2 is 1.76 bits per heavy atom. The number of likely N-dealkylation sites (N-methyl/N-ethyl adjacent to an activating group) is 1. The van der Waals surface area contributed by atoms with Gasteiger partial charge in [0.2, 0.25) is 0 Å². The van der Waals surface area contributed by atoms with Crippen LogP contribution in [0.4, 0.5) is 29.3 Å². The zero-order chi connectivity index (χ0) is 33.1. The SMILES string of the molecule is Cc1ccc(S(=O)(=O)Nc2cccc3c2O[C@@H](CN(C)C(=O)Nc2ccc(C(F)(F)F)cc2)[C@@H](C)CN([C@H](C)CO)C3=O)cc1. The second-order valence-electron chi connectivity index (χ2n) is 11.1. The first kappa shape index (κ1) is 33.6. The van der Waals surface area contributed by atoms with Crippen LogP contribution < -0.4 is 14.8 Å². The molecule has 10 nitrogen and oxygen atoms in total. The Morgan fingerprint density at radius 3 is 2.36 bits per heavy atom. The number of amides is 3. The third kappa shape index (κ3) is 7.87. The number of halogens is 3. The summed E-state index contributed by atoms with van der Waals surface area (Å²) in [5, 5.41) is 12.5. The predicted octanol–water partition coefficient (Wildman–Crippen LogP) is 5.20. The van der Waals surface area contributed by atoms with Gasteiger partial charge in [-0.15, -0.1) is 0 Å². The third-order valence-electron chi connectivity index (χ3n) is 7.53. The largest absolute Gasteiger partial charge is 0.485 e. The topological polar surface area (TPSA) is 128 Å². The summed E-state index contributed by atoms with van der Waals surface area (Å²) in [7, 11) is -2.62. The van der Waals surface area contributed by atoms with E-state index in [9.17, 15) is 36.3 Å². The lowest BCUT2D eigenvalue weighted by molar-refractivity contribution is -0.137. The van der Waals surface area contributed by atoms with Crippen molar-refractivity contribution in [1.82, 2.24) is 9.80 Å². The van der Waals surface area contributed by atoms with Gasteiger partial charge in [0.25, 0.3) is 15.9 Å². The molecule has 3 N–H and O–H groups in total. The molecule has 0 unspecified atom stereocenters. The van der Waals surface area contributed by atoms with Crippen LogP contribution in [0.25, 0.3) is 0 Å². The van der Waals surface area contributed by atoms with Crippen LogP contribution in [0, 0.1) is 12.8 Å². The van der Waals surface area contributed by atoms with Crippen LogP contribution in [0.1, 0.15) is 35.3 Å². The minimum atomic E-state index is -4.52. The van der Waals surface area contributed by atoms with Gasteiger partial charge in [-0.3, -0.25) is 9.52 Å². The fourth-order valence-electron chi connectivity index (χ4n) is 4.78. The van der Waals surface area contributed by atoms with Crippen molar-refractivity contribution in [2.75, 3.05) is 36.8 Å². The Hall–Kier alpha value is -4.30. The maximum atomic E-state index is 13.7. The van der Waals surface area contributed by atoms with Gasteiger partial charge in [-0.25, -0.2) is 13.2 Å². The average Bonchev–Trinajstić information content (AvgIpc) is 2.98. The van der Waals surface area contributed by atoms with Crippen molar-refractivity contribution in [3.8, 4) is 5.75 Å². The molecule has 3 amide bonds. The van der Waals surface area contributed by atoms with E-state index in [-0.39, 0.29) is 47.3 Å². The normalized spacial score (nSPS) is 17.8. The van der Waals surface area contributed by atoms with Crippen LogP contribution >= 0.6 is 0 Å². The monoisotopic (exact) mass is 648 g/mol. The highest BCUT2D eigenvalue weighted by Gasteiger charge is 2.36. The number of carbonyl (C=O) groups is 2. The van der Waals surface area contributed by atoms with Gasteiger partial charge in [0.15, 0.2) is 5.75 Å². The van der Waals surface area contributed by atoms with Crippen molar-refractivity contribution in [2.24, 2.45) is 5.92 Å². The predicted molar refractivity (Wildman–Crippen MR) is 163 cm³/mol. The Labute approximate surface area is 259 Å². The lowest BCUT2D eigenvalue weighted by Gasteiger charge is -2.38.